The summed E-state index contributed by atoms with van der Waals surface area (Å²) in [5.74, 6) is -17.6. The average Bonchev–Trinajstić information content (AvgIpc) is 0.812. The number of methoxy groups -OCH3 is 1. The van der Waals surface area contributed by atoms with Crippen LogP contribution >= 0.6 is 0 Å². The molecular weight excluding hydrogens is 1450 g/mol. The second kappa shape index (κ2) is 47.7. The van der Waals surface area contributed by atoms with E-state index in [0.717, 1.165) is 32.6 Å². The highest BCUT2D eigenvalue weighted by Crippen LogP contribution is 2.36. The fourth-order valence-corrected chi connectivity index (χ4v) is 13.8. The van der Waals surface area contributed by atoms with Crippen LogP contribution in [0.3, 0.4) is 0 Å². The molecule has 16 N–H and O–H groups in total. The number of carbonyl (C=O) groups excluding carboxylic acids is 7. The predicted molar refractivity (Wildman–Crippen MR) is 417 cm³/mol. The number of allylic oxidation sites excluding steroid dienone is 7. The van der Waals surface area contributed by atoms with Gasteiger partial charge in [0.05, 0.1) is 104 Å². The van der Waals surface area contributed by atoms with Crippen molar-refractivity contribution >= 4 is 53.4 Å². The number of ketones is 1. The molecular formula is C83H133N3O26. The second-order valence-electron chi connectivity index (χ2n) is 32.6. The summed E-state index contributed by atoms with van der Waals surface area (Å²) in [5.41, 5.74) is -1.75. The van der Waals surface area contributed by atoms with Crippen LogP contribution in [-0.4, -0.2) is 237 Å². The van der Waals surface area contributed by atoms with E-state index in [-0.39, 0.29) is 43.5 Å². The minimum absolute atomic E-state index is 0.0392. The van der Waals surface area contributed by atoms with E-state index >= 15 is 0 Å². The Hall–Kier alpha value is -7.13. The van der Waals surface area contributed by atoms with Crippen LogP contribution in [-0.2, 0) is 62.1 Å². The van der Waals surface area contributed by atoms with Gasteiger partial charge in [-0.25, -0.2) is 14.4 Å². The Labute approximate surface area is 660 Å². The number of amides is 3. The van der Waals surface area contributed by atoms with E-state index in [9.17, 15) is 110 Å². The summed E-state index contributed by atoms with van der Waals surface area (Å²) < 4.78 is 22.7. The molecule has 0 spiro atoms. The highest BCUT2D eigenvalue weighted by atomic mass is 16.6. The fourth-order valence-electron chi connectivity index (χ4n) is 13.8. The van der Waals surface area contributed by atoms with Gasteiger partial charge in [-0.3, -0.25) is 28.8 Å². The number of hydrogen-bond acceptors (Lipinski definition) is 24. The van der Waals surface area contributed by atoms with Crippen LogP contribution in [0, 0.1) is 64.1 Å². The van der Waals surface area contributed by atoms with Gasteiger partial charge >= 0.3 is 29.8 Å². The van der Waals surface area contributed by atoms with E-state index in [1.807, 2.05) is 24.3 Å². The Balaban J connectivity index is 2.66. The first-order valence-corrected chi connectivity index (χ1v) is 38.9. The zero-order chi connectivity index (χ0) is 85.7. The van der Waals surface area contributed by atoms with Crippen LogP contribution in [0.2, 0.25) is 0 Å². The first-order valence-electron chi connectivity index (χ1n) is 38.9. The maximum Gasteiger partial charge on any atom is 0.335 e. The van der Waals surface area contributed by atoms with E-state index in [2.05, 4.69) is 22.9 Å². The fraction of sp³-hybridized carbons (Fsp3) is 0.699. The number of cyclic esters (lactones) is 1. The third-order valence-corrected chi connectivity index (χ3v) is 21.7. The minimum Gasteiger partial charge on any atom is -0.479 e. The van der Waals surface area contributed by atoms with Gasteiger partial charge in [-0.2, -0.15) is 0 Å². The number of aliphatic carboxylic acids is 2. The van der Waals surface area contributed by atoms with Gasteiger partial charge in [-0.05, 0) is 147 Å². The Morgan fingerprint density at radius 1 is 0.723 bits per heavy atom. The molecule has 1 saturated heterocycles. The zero-order valence-corrected chi connectivity index (χ0v) is 68.8. The van der Waals surface area contributed by atoms with Gasteiger partial charge in [0.25, 0.3) is 0 Å². The Bertz CT molecular complexity index is 3320. The number of ether oxygens (including phenoxy) is 4. The van der Waals surface area contributed by atoms with Crippen molar-refractivity contribution in [2.24, 2.45) is 64.1 Å². The number of Topliss-reactive ketones (excluding diaryl/α,β-unsaturated/α-hetero) is 1. The van der Waals surface area contributed by atoms with Gasteiger partial charge < -0.3 is 101 Å². The average molecular weight is 1590 g/mol. The lowest BCUT2D eigenvalue weighted by Crippen LogP contribution is -2.58. The standard InChI is InChI=1S/C83H133N3O26/c1-43(2)68(93)66(84-63(91)35-36-82(15,16)75(100)54(13)76(101)83(17,18)81(108)109-19)72(97)50(9)40-48(7)69(94)45(4)31-33-58(87)52(11)77(102)86-65-55(14)110-80(107)67(74(99)79(105)106)85-62(90)30-28-26-24-22-20-21-23-25-27-29-56-37-44(3)38-57(111-56)41-59(88)51(10)71(96)49(8)39-47(6)70(95)46(5)32-34-61(53(12)73(65)98)112-64(92)42-60(89)78(103)104/h21,23-28,30,32,35-36,39-40,43-45,47,50-61,65-74,76,87-89,93-99,101H,20,22,29,31,33-34,37-38,41-42H2,1-19H3,(H,84,91)(H,85,90)(H,86,102)(H,103,104)(H,105,106)/b23-21-,26-24-,27-25-,30-28-,36-35+,46-32-,48-40+,49-39-/t44-,45?,47?,50?,51?,52?,53?,54?,55?,56-,57+,58?,59?,60?,61?,65?,66?,67?,68?,69?,70?,71?,72?,73?,74?,76?/m1/s1. The van der Waals surface area contributed by atoms with Crippen LogP contribution in [0.15, 0.2) is 95.7 Å². The van der Waals surface area contributed by atoms with Crippen LogP contribution in [0.5, 0.6) is 0 Å². The van der Waals surface area contributed by atoms with E-state index in [1.165, 1.54) is 79.7 Å². The van der Waals surface area contributed by atoms with Crippen molar-refractivity contribution in [1.29, 1.82) is 0 Å². The summed E-state index contributed by atoms with van der Waals surface area (Å²) in [4.78, 5) is 119. The number of aliphatic hydroxyl groups excluding tert-OH is 11. The van der Waals surface area contributed by atoms with Crippen LogP contribution < -0.4 is 16.0 Å². The molecule has 23 unspecified atom stereocenters. The third kappa shape index (κ3) is 31.9. The van der Waals surface area contributed by atoms with Crippen molar-refractivity contribution in [1.82, 2.24) is 16.0 Å². The van der Waals surface area contributed by atoms with Crippen LogP contribution in [0.25, 0.3) is 0 Å². The van der Waals surface area contributed by atoms with Crippen molar-refractivity contribution in [3.63, 3.8) is 0 Å². The SMILES string of the molecule is COC(=O)C(C)(C)C(O)C(C)C(=O)C(C)(C)/C=C/C(=O)NC(C(O)C(C)C)C(O)C(C)/C=C(\C)C(O)C(C)CCC(O)C(C)C(=O)NC1C(C)OC(=O)C(C(O)C(=O)O)NC(=O)/C=C\C=C/CC/C=C\C=C/C[C@@H]2C[C@@H](C)C[C@@H](CC(O)C(C)C(O)/C(C)=C\C(C)C(O)/C(C)=C\CC(OC(=O)CC(O)C(=O)O)C(C)C1O)O2. The smallest absolute Gasteiger partial charge is 0.335 e. The maximum absolute atomic E-state index is 14.6. The topological polar surface area (TPSA) is 490 Å². The highest BCUT2D eigenvalue weighted by molar-refractivity contribution is 5.95. The van der Waals surface area contributed by atoms with Crippen molar-refractivity contribution < 1.29 is 128 Å². The maximum atomic E-state index is 14.6. The molecule has 2 aliphatic rings. The Kier molecular flexibility index (Phi) is 43.0. The number of aliphatic hydroxyl groups is 11. The predicted octanol–water partition coefficient (Wildman–Crippen LogP) is 5.26. The summed E-state index contributed by atoms with van der Waals surface area (Å²) in [6.45, 7) is 28.0. The molecule has 0 saturated carbocycles. The van der Waals surface area contributed by atoms with Crippen molar-refractivity contribution in [2.45, 2.75) is 299 Å². The number of carbonyl (C=O) groups is 9. The number of fused-ring (bicyclic) bond motifs is 2. The van der Waals surface area contributed by atoms with E-state index < -0.39 is 215 Å². The summed E-state index contributed by atoms with van der Waals surface area (Å²) in [5, 5.41) is 153. The number of carboxylic acids is 2. The lowest BCUT2D eigenvalue weighted by molar-refractivity contribution is -0.168. The number of carboxylic acid groups (broad SMARTS) is 2. The molecule has 2 bridgehead atoms. The molecule has 2 aliphatic heterocycles. The van der Waals surface area contributed by atoms with Crippen LogP contribution in [0.1, 0.15) is 189 Å². The lowest BCUT2D eigenvalue weighted by Gasteiger charge is -2.36. The van der Waals surface area contributed by atoms with Gasteiger partial charge in [-0.1, -0.05) is 136 Å². The van der Waals surface area contributed by atoms with Crippen molar-refractivity contribution in [3.05, 3.63) is 95.7 Å². The summed E-state index contributed by atoms with van der Waals surface area (Å²) in [6, 6.07) is -5.45. The van der Waals surface area contributed by atoms with Gasteiger partial charge in [-0.15, -0.1) is 0 Å². The zero-order valence-electron chi connectivity index (χ0n) is 68.8. The first kappa shape index (κ1) is 101. The number of esters is 3. The van der Waals surface area contributed by atoms with Crippen molar-refractivity contribution in [2.75, 3.05) is 7.11 Å². The van der Waals surface area contributed by atoms with E-state index in [0.29, 0.717) is 42.7 Å². The molecule has 0 aliphatic carbocycles. The van der Waals surface area contributed by atoms with Gasteiger partial charge in [0.15, 0.2) is 18.2 Å². The number of nitrogens with one attached hydrogen (secondary N) is 3. The largest absolute Gasteiger partial charge is 0.479 e. The Morgan fingerprint density at radius 3 is 1.89 bits per heavy atom. The lowest BCUT2D eigenvalue weighted by atomic mass is 9.72. The third-order valence-electron chi connectivity index (χ3n) is 21.7. The van der Waals surface area contributed by atoms with Crippen LogP contribution in [0.4, 0.5) is 0 Å². The number of hydrogen-bond donors (Lipinski definition) is 16. The summed E-state index contributed by atoms with van der Waals surface area (Å²) in [7, 11) is 1.16. The molecule has 0 radical (unpaired) electrons. The molecule has 2 heterocycles. The molecule has 0 aromatic heterocycles. The molecule has 26 atom stereocenters. The van der Waals surface area contributed by atoms with Crippen molar-refractivity contribution in [3.8, 4) is 0 Å². The molecule has 1 fully saturated rings. The highest BCUT2D eigenvalue weighted by Gasteiger charge is 2.46. The molecule has 0 aromatic rings. The number of rotatable bonds is 27. The molecule has 636 valence electrons. The molecule has 2 rings (SSSR count). The van der Waals surface area contributed by atoms with E-state index in [1.54, 1.807) is 73.6 Å². The minimum atomic E-state index is -2.63. The second-order valence-corrected chi connectivity index (χ2v) is 32.6. The summed E-state index contributed by atoms with van der Waals surface area (Å²) in [6.07, 6.45) is 1.24. The van der Waals surface area contributed by atoms with E-state index in [4.69, 9.17) is 18.9 Å². The molecule has 0 aromatic carbocycles. The molecule has 29 nitrogen and oxygen atoms in total. The summed E-state index contributed by atoms with van der Waals surface area (Å²) >= 11 is 0. The molecule has 29 heteroatoms. The first-order chi connectivity index (χ1) is 51.9. The molecule has 112 heavy (non-hydrogen) atoms. The Morgan fingerprint density at radius 2 is 1.31 bits per heavy atom. The normalized spacial score (nSPS) is 30.7. The van der Waals surface area contributed by atoms with Gasteiger partial charge in [0, 0.05) is 47.5 Å². The quantitative estimate of drug-likeness (QED) is 0.0216. The van der Waals surface area contributed by atoms with Gasteiger partial charge in [0.2, 0.25) is 17.7 Å². The molecule has 3 amide bonds. The monoisotopic (exact) mass is 1590 g/mol. The van der Waals surface area contributed by atoms with Gasteiger partial charge in [0.1, 0.15) is 18.0 Å².